The van der Waals surface area contributed by atoms with E-state index in [0.717, 1.165) is 4.90 Å². The second-order valence-corrected chi connectivity index (χ2v) is 6.56. The molecule has 0 aliphatic carbocycles. The van der Waals surface area contributed by atoms with E-state index < -0.39 is 11.7 Å². The summed E-state index contributed by atoms with van der Waals surface area (Å²) in [6.45, 7) is 0. The van der Waals surface area contributed by atoms with E-state index in [1.165, 1.54) is 23.9 Å². The summed E-state index contributed by atoms with van der Waals surface area (Å²) in [4.78, 5) is 24.5. The summed E-state index contributed by atoms with van der Waals surface area (Å²) < 4.78 is 14.3. The number of carbonyl (C=O) groups is 2. The third-order valence-electron chi connectivity index (χ3n) is 3.05. The lowest BCUT2D eigenvalue weighted by Gasteiger charge is -2.17. The van der Waals surface area contributed by atoms with Crippen LogP contribution >= 0.6 is 27.7 Å². The van der Waals surface area contributed by atoms with Crippen LogP contribution in [-0.2, 0) is 4.79 Å². The van der Waals surface area contributed by atoms with Gasteiger partial charge in [-0.15, -0.1) is 11.8 Å². The minimum atomic E-state index is -0.524. The molecule has 2 aromatic rings. The zero-order chi connectivity index (χ0) is 15.7. The summed E-state index contributed by atoms with van der Waals surface area (Å²) in [6, 6.07) is 9.41. The van der Waals surface area contributed by atoms with Crippen molar-refractivity contribution in [1.82, 2.24) is 0 Å². The number of benzene rings is 2. The fourth-order valence-electron chi connectivity index (χ4n) is 2.01. The smallest absolute Gasteiger partial charge is 0.255 e. The van der Waals surface area contributed by atoms with Gasteiger partial charge in [-0.25, -0.2) is 4.39 Å². The van der Waals surface area contributed by atoms with Crippen LogP contribution in [0.5, 0.6) is 0 Å². The second kappa shape index (κ2) is 6.10. The van der Waals surface area contributed by atoms with Crippen molar-refractivity contribution in [3.05, 3.63) is 52.3 Å². The van der Waals surface area contributed by atoms with Crippen LogP contribution in [0.25, 0.3) is 0 Å². The standard InChI is InChI=1S/C15H10BrFN2O2S/c16-9-2-3-11(10(17)6-9)19-15(21)8-1-4-13-12(5-8)18-14(20)7-22-13/h1-6H,7H2,(H,18,20)(H,19,21). The maximum absolute atomic E-state index is 13.7. The summed E-state index contributed by atoms with van der Waals surface area (Å²) in [5.41, 5.74) is 1.05. The van der Waals surface area contributed by atoms with Gasteiger partial charge in [0.1, 0.15) is 5.82 Å². The molecule has 112 valence electrons. The van der Waals surface area contributed by atoms with Gasteiger partial charge >= 0.3 is 0 Å². The highest BCUT2D eigenvalue weighted by atomic mass is 79.9. The zero-order valence-electron chi connectivity index (χ0n) is 11.2. The van der Waals surface area contributed by atoms with E-state index >= 15 is 0 Å². The second-order valence-electron chi connectivity index (χ2n) is 4.63. The van der Waals surface area contributed by atoms with Crippen LogP contribution in [0.4, 0.5) is 15.8 Å². The van der Waals surface area contributed by atoms with Crippen molar-refractivity contribution in [2.24, 2.45) is 0 Å². The minimum Gasteiger partial charge on any atom is -0.324 e. The Bertz CT molecular complexity index is 782. The first kappa shape index (κ1) is 15.1. The van der Waals surface area contributed by atoms with Crippen molar-refractivity contribution in [1.29, 1.82) is 0 Å². The number of thioether (sulfide) groups is 1. The molecule has 2 aromatic carbocycles. The molecule has 0 aromatic heterocycles. The summed E-state index contributed by atoms with van der Waals surface area (Å²) in [5, 5.41) is 5.24. The quantitative estimate of drug-likeness (QED) is 0.830. The van der Waals surface area contributed by atoms with Crippen LogP contribution in [-0.4, -0.2) is 17.6 Å². The molecule has 0 fully saturated rings. The van der Waals surface area contributed by atoms with E-state index in [9.17, 15) is 14.0 Å². The predicted molar refractivity (Wildman–Crippen MR) is 87.8 cm³/mol. The fraction of sp³-hybridized carbons (Fsp3) is 0.0667. The maximum Gasteiger partial charge on any atom is 0.255 e. The Morgan fingerprint density at radius 1 is 1.27 bits per heavy atom. The van der Waals surface area contributed by atoms with Gasteiger partial charge in [0, 0.05) is 14.9 Å². The van der Waals surface area contributed by atoms with E-state index in [-0.39, 0.29) is 11.6 Å². The van der Waals surface area contributed by atoms with Gasteiger partial charge in [0.15, 0.2) is 0 Å². The molecule has 1 aliphatic rings. The van der Waals surface area contributed by atoms with Gasteiger partial charge in [0.05, 0.1) is 17.1 Å². The number of hydrogen-bond donors (Lipinski definition) is 2. The van der Waals surface area contributed by atoms with Gasteiger partial charge in [0.25, 0.3) is 5.91 Å². The number of rotatable bonds is 2. The Morgan fingerprint density at radius 3 is 2.86 bits per heavy atom. The van der Waals surface area contributed by atoms with E-state index in [2.05, 4.69) is 26.6 Å². The molecule has 22 heavy (non-hydrogen) atoms. The Morgan fingerprint density at radius 2 is 2.09 bits per heavy atom. The van der Waals surface area contributed by atoms with Gasteiger partial charge in [-0.2, -0.15) is 0 Å². The molecule has 0 bridgehead atoms. The largest absolute Gasteiger partial charge is 0.324 e. The highest BCUT2D eigenvalue weighted by molar-refractivity contribution is 9.10. The molecule has 1 aliphatic heterocycles. The average Bonchev–Trinajstić information content (AvgIpc) is 2.49. The molecule has 0 unspecified atom stereocenters. The number of hydrogen-bond acceptors (Lipinski definition) is 3. The van der Waals surface area contributed by atoms with Crippen LogP contribution < -0.4 is 10.6 Å². The number of carbonyl (C=O) groups excluding carboxylic acids is 2. The van der Waals surface area contributed by atoms with Crippen molar-refractivity contribution in [3.63, 3.8) is 0 Å². The SMILES string of the molecule is O=C1CSc2ccc(C(=O)Nc3ccc(Br)cc3F)cc2N1. The third kappa shape index (κ3) is 3.15. The van der Waals surface area contributed by atoms with Crippen LogP contribution in [0, 0.1) is 5.82 Å². The molecule has 0 saturated heterocycles. The number of fused-ring (bicyclic) bond motifs is 1. The molecule has 0 radical (unpaired) electrons. The maximum atomic E-state index is 13.7. The molecule has 0 atom stereocenters. The third-order valence-corrected chi connectivity index (χ3v) is 4.62. The Labute approximate surface area is 138 Å². The summed E-state index contributed by atoms with van der Waals surface area (Å²) in [5.74, 6) is -0.699. The molecule has 0 spiro atoms. The first-order valence-electron chi connectivity index (χ1n) is 6.36. The molecule has 3 rings (SSSR count). The molecule has 1 heterocycles. The van der Waals surface area contributed by atoms with Crippen LogP contribution in [0.3, 0.4) is 0 Å². The van der Waals surface area contributed by atoms with Gasteiger partial charge in [0.2, 0.25) is 5.91 Å². The predicted octanol–water partition coefficient (Wildman–Crippen LogP) is 3.88. The molecule has 4 nitrogen and oxygen atoms in total. The van der Waals surface area contributed by atoms with E-state index in [4.69, 9.17) is 0 Å². The molecule has 2 amide bonds. The Kier molecular flexibility index (Phi) is 4.17. The molecular formula is C15H10BrFN2O2S. The Hall–Kier alpha value is -1.86. The normalized spacial score (nSPS) is 13.3. The summed E-state index contributed by atoms with van der Waals surface area (Å²) in [6.07, 6.45) is 0. The van der Waals surface area contributed by atoms with Gasteiger partial charge in [-0.05, 0) is 36.4 Å². The molecule has 7 heteroatoms. The van der Waals surface area contributed by atoms with Crippen LogP contribution in [0.15, 0.2) is 45.8 Å². The number of halogens is 2. The summed E-state index contributed by atoms with van der Waals surface area (Å²) >= 11 is 4.58. The van der Waals surface area contributed by atoms with Crippen LogP contribution in [0.2, 0.25) is 0 Å². The van der Waals surface area contributed by atoms with E-state index in [1.807, 2.05) is 0 Å². The van der Waals surface area contributed by atoms with Gasteiger partial charge < -0.3 is 10.6 Å². The lowest BCUT2D eigenvalue weighted by Crippen LogP contribution is -2.20. The van der Waals surface area contributed by atoms with Crippen molar-refractivity contribution >= 4 is 50.9 Å². The van der Waals surface area contributed by atoms with Crippen LogP contribution in [0.1, 0.15) is 10.4 Å². The van der Waals surface area contributed by atoms with Crippen molar-refractivity contribution in [2.75, 3.05) is 16.4 Å². The van der Waals surface area contributed by atoms with Gasteiger partial charge in [-0.3, -0.25) is 9.59 Å². The number of anilines is 2. The molecular weight excluding hydrogens is 371 g/mol. The topological polar surface area (TPSA) is 58.2 Å². The number of amides is 2. The van der Waals surface area contributed by atoms with Crippen molar-refractivity contribution in [2.45, 2.75) is 4.90 Å². The Balaban J connectivity index is 1.83. The highest BCUT2D eigenvalue weighted by Gasteiger charge is 2.17. The lowest BCUT2D eigenvalue weighted by molar-refractivity contribution is -0.113. The lowest BCUT2D eigenvalue weighted by atomic mass is 10.1. The highest BCUT2D eigenvalue weighted by Crippen LogP contribution is 2.32. The first-order valence-corrected chi connectivity index (χ1v) is 8.14. The fourth-order valence-corrected chi connectivity index (χ4v) is 3.13. The summed E-state index contributed by atoms with van der Waals surface area (Å²) in [7, 11) is 0. The monoisotopic (exact) mass is 380 g/mol. The van der Waals surface area contributed by atoms with Crippen molar-refractivity contribution in [3.8, 4) is 0 Å². The molecule has 2 N–H and O–H groups in total. The zero-order valence-corrected chi connectivity index (χ0v) is 13.6. The first-order chi connectivity index (χ1) is 10.5. The minimum absolute atomic E-state index is 0.101. The van der Waals surface area contributed by atoms with E-state index in [0.29, 0.717) is 21.5 Å². The average molecular weight is 381 g/mol. The van der Waals surface area contributed by atoms with Gasteiger partial charge in [-0.1, -0.05) is 15.9 Å². The number of nitrogens with one attached hydrogen (secondary N) is 2. The molecule has 0 saturated carbocycles. The van der Waals surface area contributed by atoms with Crippen molar-refractivity contribution < 1.29 is 14.0 Å². The van der Waals surface area contributed by atoms with E-state index in [1.54, 1.807) is 24.3 Å².